The van der Waals surface area contributed by atoms with Crippen LogP contribution < -0.4 is 0 Å². The second kappa shape index (κ2) is 5.02. The quantitative estimate of drug-likeness (QED) is 0.847. The summed E-state index contributed by atoms with van der Waals surface area (Å²) in [5.74, 6) is 0.0974. The maximum Gasteiger partial charge on any atom is 0.168 e. The average molecular weight is 271 g/mol. The molecule has 1 fully saturated rings. The van der Waals surface area contributed by atoms with E-state index < -0.39 is 5.60 Å². The van der Waals surface area contributed by atoms with Gasteiger partial charge in [0.05, 0.1) is 5.69 Å². The van der Waals surface area contributed by atoms with Crippen LogP contribution in [0.25, 0.3) is 0 Å². The Hall–Kier alpha value is -0.870. The number of nitrogens with zero attached hydrogens (tertiary/aromatic N) is 2. The van der Waals surface area contributed by atoms with Gasteiger partial charge in [-0.2, -0.15) is 5.10 Å². The number of rotatable bonds is 3. The fourth-order valence-corrected chi connectivity index (χ4v) is 2.62. The summed E-state index contributed by atoms with van der Waals surface area (Å²) in [6.07, 6.45) is 3.18. The van der Waals surface area contributed by atoms with Gasteiger partial charge in [0.1, 0.15) is 10.8 Å². The van der Waals surface area contributed by atoms with Crippen molar-refractivity contribution in [1.29, 1.82) is 0 Å². The predicted molar refractivity (Wildman–Crippen MR) is 69.9 cm³/mol. The smallest absolute Gasteiger partial charge is 0.168 e. The van der Waals surface area contributed by atoms with E-state index in [2.05, 4.69) is 5.10 Å². The van der Waals surface area contributed by atoms with Gasteiger partial charge in [0.25, 0.3) is 0 Å². The zero-order valence-corrected chi connectivity index (χ0v) is 11.9. The molecule has 1 unspecified atom stereocenters. The maximum absolute atomic E-state index is 12.4. The Balaban J connectivity index is 2.16. The third-order valence-corrected chi connectivity index (χ3v) is 4.14. The van der Waals surface area contributed by atoms with E-state index in [1.165, 1.54) is 0 Å². The number of carbonyl (C=O) groups is 1. The number of ketones is 1. The van der Waals surface area contributed by atoms with E-state index in [9.17, 15) is 4.79 Å². The van der Waals surface area contributed by atoms with E-state index in [0.717, 1.165) is 30.5 Å². The van der Waals surface area contributed by atoms with Gasteiger partial charge >= 0.3 is 0 Å². The summed E-state index contributed by atoms with van der Waals surface area (Å²) in [6, 6.07) is 0. The highest BCUT2D eigenvalue weighted by atomic mass is 35.5. The van der Waals surface area contributed by atoms with E-state index in [-0.39, 0.29) is 5.78 Å². The Morgan fingerprint density at radius 3 is 2.78 bits per heavy atom. The summed E-state index contributed by atoms with van der Waals surface area (Å²) in [6.45, 7) is 4.43. The summed E-state index contributed by atoms with van der Waals surface area (Å²) >= 11 is 6.15. The third kappa shape index (κ3) is 2.45. The van der Waals surface area contributed by atoms with Crippen LogP contribution in [0, 0.1) is 6.92 Å². The Morgan fingerprint density at radius 1 is 1.56 bits per heavy atom. The molecule has 1 saturated heterocycles. The van der Waals surface area contributed by atoms with Crippen LogP contribution in [0.3, 0.4) is 0 Å². The second-order valence-corrected chi connectivity index (χ2v) is 5.47. The van der Waals surface area contributed by atoms with Gasteiger partial charge in [0.2, 0.25) is 0 Å². The number of Topliss-reactive ketones (excluding diaryl/α,β-unsaturated/α-hetero) is 1. The van der Waals surface area contributed by atoms with E-state index >= 15 is 0 Å². The molecule has 1 aliphatic rings. The highest BCUT2D eigenvalue weighted by molar-refractivity contribution is 6.30. The molecule has 0 aliphatic carbocycles. The molecule has 0 saturated carbocycles. The molecule has 4 nitrogen and oxygen atoms in total. The van der Waals surface area contributed by atoms with Gasteiger partial charge in [-0.3, -0.25) is 9.48 Å². The van der Waals surface area contributed by atoms with Gasteiger partial charge in [0.15, 0.2) is 5.78 Å². The van der Waals surface area contributed by atoms with Crippen LogP contribution in [0.5, 0.6) is 0 Å². The molecule has 2 rings (SSSR count). The first-order valence-corrected chi connectivity index (χ1v) is 6.67. The van der Waals surface area contributed by atoms with Gasteiger partial charge in [-0.25, -0.2) is 0 Å². The standard InChI is InChI=1S/C13H19ClN2O2/c1-9-10(12(14)16(3)15-9)8-11(17)13(2)6-4-5-7-18-13/h4-8H2,1-3H3. The lowest BCUT2D eigenvalue weighted by Gasteiger charge is -2.32. The number of aryl methyl sites for hydroxylation is 2. The topological polar surface area (TPSA) is 44.1 Å². The zero-order chi connectivity index (χ0) is 13.3. The van der Waals surface area contributed by atoms with Gasteiger partial charge < -0.3 is 4.74 Å². The largest absolute Gasteiger partial charge is 0.367 e. The Morgan fingerprint density at radius 2 is 2.28 bits per heavy atom. The Bertz CT molecular complexity index is 462. The van der Waals surface area contributed by atoms with Crippen molar-refractivity contribution in [1.82, 2.24) is 9.78 Å². The number of hydrogen-bond donors (Lipinski definition) is 0. The summed E-state index contributed by atoms with van der Waals surface area (Å²) in [7, 11) is 1.78. The molecule has 1 atom stereocenters. The lowest BCUT2D eigenvalue weighted by atomic mass is 9.88. The molecule has 18 heavy (non-hydrogen) atoms. The van der Waals surface area contributed by atoms with Crippen molar-refractivity contribution in [2.45, 2.75) is 45.1 Å². The number of aromatic nitrogens is 2. The number of ether oxygens (including phenoxy) is 1. The molecule has 0 amide bonds. The minimum atomic E-state index is -0.649. The fourth-order valence-electron chi connectivity index (χ4n) is 2.38. The fraction of sp³-hybridized carbons (Fsp3) is 0.692. The molecule has 0 spiro atoms. The van der Waals surface area contributed by atoms with E-state index in [1.54, 1.807) is 11.7 Å². The highest BCUT2D eigenvalue weighted by Crippen LogP contribution is 2.28. The minimum Gasteiger partial charge on any atom is -0.367 e. The van der Waals surface area contributed by atoms with Crippen LogP contribution in [-0.2, 0) is 23.0 Å². The van der Waals surface area contributed by atoms with Gasteiger partial charge in [0, 0.05) is 25.6 Å². The van der Waals surface area contributed by atoms with Crippen molar-refractivity contribution < 1.29 is 9.53 Å². The molecule has 1 aromatic heterocycles. The summed E-state index contributed by atoms with van der Waals surface area (Å²) in [5.41, 5.74) is 0.985. The lowest BCUT2D eigenvalue weighted by Crippen LogP contribution is -2.42. The van der Waals surface area contributed by atoms with Crippen LogP contribution in [-0.4, -0.2) is 27.8 Å². The van der Waals surface area contributed by atoms with Gasteiger partial charge in [-0.15, -0.1) is 0 Å². The van der Waals surface area contributed by atoms with Gasteiger partial charge in [-0.1, -0.05) is 11.6 Å². The van der Waals surface area contributed by atoms with E-state index in [0.29, 0.717) is 18.2 Å². The number of halogens is 1. The molecule has 1 aliphatic heterocycles. The highest BCUT2D eigenvalue weighted by Gasteiger charge is 2.36. The molecule has 0 N–H and O–H groups in total. The maximum atomic E-state index is 12.4. The van der Waals surface area contributed by atoms with E-state index in [4.69, 9.17) is 16.3 Å². The third-order valence-electron chi connectivity index (χ3n) is 3.67. The summed E-state index contributed by atoms with van der Waals surface area (Å²) in [5, 5.41) is 4.77. The molecule has 0 aromatic carbocycles. The molecule has 1 aromatic rings. The number of hydrogen-bond acceptors (Lipinski definition) is 3. The molecule has 0 bridgehead atoms. The van der Waals surface area contributed by atoms with Crippen LogP contribution in [0.1, 0.15) is 37.4 Å². The van der Waals surface area contributed by atoms with Crippen molar-refractivity contribution in [3.05, 3.63) is 16.4 Å². The number of carbonyl (C=O) groups excluding carboxylic acids is 1. The average Bonchev–Trinajstić information content (AvgIpc) is 2.57. The van der Waals surface area contributed by atoms with Crippen molar-refractivity contribution in [3.63, 3.8) is 0 Å². The normalized spacial score (nSPS) is 24.2. The van der Waals surface area contributed by atoms with Crippen molar-refractivity contribution in [3.8, 4) is 0 Å². The van der Waals surface area contributed by atoms with Crippen LogP contribution in [0.2, 0.25) is 5.15 Å². The first kappa shape index (κ1) is 13.6. The summed E-state index contributed by atoms with van der Waals surface area (Å²) in [4.78, 5) is 12.4. The summed E-state index contributed by atoms with van der Waals surface area (Å²) < 4.78 is 7.27. The Kier molecular flexibility index (Phi) is 3.78. The molecular formula is C13H19ClN2O2. The zero-order valence-electron chi connectivity index (χ0n) is 11.1. The van der Waals surface area contributed by atoms with Crippen molar-refractivity contribution in [2.75, 3.05) is 6.61 Å². The molecule has 0 radical (unpaired) electrons. The molecule has 100 valence electrons. The van der Waals surface area contributed by atoms with E-state index in [1.807, 2.05) is 13.8 Å². The monoisotopic (exact) mass is 270 g/mol. The SMILES string of the molecule is Cc1nn(C)c(Cl)c1CC(=O)C1(C)CCCCO1. The molecule has 5 heteroatoms. The first-order valence-electron chi connectivity index (χ1n) is 6.29. The predicted octanol–water partition coefficient (Wildman–Crippen LogP) is 2.45. The van der Waals surface area contributed by atoms with Crippen LogP contribution in [0.4, 0.5) is 0 Å². The minimum absolute atomic E-state index is 0.0974. The lowest BCUT2D eigenvalue weighted by molar-refractivity contribution is -0.147. The molecular weight excluding hydrogens is 252 g/mol. The molecule has 2 heterocycles. The second-order valence-electron chi connectivity index (χ2n) is 5.11. The van der Waals surface area contributed by atoms with Crippen molar-refractivity contribution >= 4 is 17.4 Å². The van der Waals surface area contributed by atoms with Crippen LogP contribution >= 0.6 is 11.6 Å². The Labute approximate surface area is 112 Å². The van der Waals surface area contributed by atoms with Crippen LogP contribution in [0.15, 0.2) is 0 Å². The first-order chi connectivity index (χ1) is 8.44. The van der Waals surface area contributed by atoms with Gasteiger partial charge in [-0.05, 0) is 33.1 Å². The van der Waals surface area contributed by atoms with Crippen molar-refractivity contribution in [2.24, 2.45) is 7.05 Å².